The van der Waals surface area contributed by atoms with Gasteiger partial charge in [0.25, 0.3) is 23.4 Å². The minimum Gasteiger partial charge on any atom is -0.322 e. The Morgan fingerprint density at radius 3 is 1.39 bits per heavy atom. The number of nitrogens with one attached hydrogen (secondary N) is 3. The zero-order chi connectivity index (χ0) is 25.5. The van der Waals surface area contributed by atoms with Gasteiger partial charge in [-0.2, -0.15) is 0 Å². The molecule has 0 saturated heterocycles. The number of nitro groups is 1. The molecular weight excluding hydrogens is 460 g/mol. The van der Waals surface area contributed by atoms with Gasteiger partial charge in [0, 0.05) is 45.9 Å². The molecule has 0 aliphatic carbocycles. The third-order valence-electron chi connectivity index (χ3n) is 5.12. The second-order valence-electron chi connectivity index (χ2n) is 7.70. The normalized spacial score (nSPS) is 10.2. The zero-order valence-electron chi connectivity index (χ0n) is 18.8. The van der Waals surface area contributed by atoms with Crippen molar-refractivity contribution in [3.8, 4) is 0 Å². The highest BCUT2D eigenvalue weighted by Gasteiger charge is 2.15. The minimum absolute atomic E-state index is 0.107. The molecule has 3 amide bonds. The Hall–Kier alpha value is -5.31. The van der Waals surface area contributed by atoms with E-state index in [1.807, 2.05) is 0 Å². The van der Waals surface area contributed by atoms with Crippen LogP contribution in [0.1, 0.15) is 31.1 Å². The lowest BCUT2D eigenvalue weighted by Crippen LogP contribution is -2.17. The number of hydrogen-bond donors (Lipinski definition) is 3. The third kappa shape index (κ3) is 5.97. The van der Waals surface area contributed by atoms with Crippen molar-refractivity contribution in [1.29, 1.82) is 0 Å². The van der Waals surface area contributed by atoms with Crippen molar-refractivity contribution in [3.05, 3.63) is 130 Å². The smallest absolute Gasteiger partial charge is 0.269 e. The third-order valence-corrected chi connectivity index (χ3v) is 5.12. The van der Waals surface area contributed by atoms with E-state index >= 15 is 0 Å². The maximum Gasteiger partial charge on any atom is 0.269 e. The van der Waals surface area contributed by atoms with E-state index in [0.29, 0.717) is 28.2 Å². The van der Waals surface area contributed by atoms with Crippen LogP contribution in [0.15, 0.2) is 103 Å². The second-order valence-corrected chi connectivity index (χ2v) is 7.70. The van der Waals surface area contributed by atoms with E-state index in [4.69, 9.17) is 0 Å². The SMILES string of the molecule is O=C(Nc1cc(NC(=O)c2ccccc2)cc(C(=O)Nc2ccc([N+](=O)[O-])cc2)c1)c1ccccc1. The summed E-state index contributed by atoms with van der Waals surface area (Å²) in [4.78, 5) is 48.7. The Kier molecular flexibility index (Phi) is 7.11. The largest absolute Gasteiger partial charge is 0.322 e. The molecule has 9 heteroatoms. The fourth-order valence-corrected chi connectivity index (χ4v) is 3.36. The number of rotatable bonds is 7. The van der Waals surface area contributed by atoms with Gasteiger partial charge in [0.15, 0.2) is 0 Å². The van der Waals surface area contributed by atoms with Gasteiger partial charge >= 0.3 is 0 Å². The van der Waals surface area contributed by atoms with Crippen LogP contribution in [0.4, 0.5) is 22.7 Å². The first kappa shape index (κ1) is 23.8. The molecular formula is C27H20N4O5. The minimum atomic E-state index is -0.536. The lowest BCUT2D eigenvalue weighted by Gasteiger charge is -2.13. The molecule has 0 fully saturated rings. The van der Waals surface area contributed by atoms with E-state index in [-0.39, 0.29) is 23.1 Å². The van der Waals surface area contributed by atoms with Crippen LogP contribution in [0.2, 0.25) is 0 Å². The highest BCUT2D eigenvalue weighted by Crippen LogP contribution is 2.23. The molecule has 36 heavy (non-hydrogen) atoms. The van der Waals surface area contributed by atoms with Gasteiger partial charge in [-0.05, 0) is 54.6 Å². The Balaban J connectivity index is 1.61. The summed E-state index contributed by atoms with van der Waals surface area (Å²) in [6.07, 6.45) is 0. The lowest BCUT2D eigenvalue weighted by molar-refractivity contribution is -0.384. The Morgan fingerprint density at radius 1 is 0.528 bits per heavy atom. The van der Waals surface area contributed by atoms with Crippen LogP contribution in [0.3, 0.4) is 0 Å². The first-order chi connectivity index (χ1) is 17.4. The fourth-order valence-electron chi connectivity index (χ4n) is 3.36. The Bertz CT molecular complexity index is 1350. The van der Waals surface area contributed by atoms with E-state index in [1.165, 1.54) is 36.4 Å². The number of nitro benzene ring substituents is 1. The topological polar surface area (TPSA) is 130 Å². The summed E-state index contributed by atoms with van der Waals surface area (Å²) in [5.74, 6) is -1.30. The van der Waals surface area contributed by atoms with Gasteiger partial charge in [-0.15, -0.1) is 0 Å². The summed E-state index contributed by atoms with van der Waals surface area (Å²) >= 11 is 0. The summed E-state index contributed by atoms with van der Waals surface area (Å²) in [6.45, 7) is 0. The van der Waals surface area contributed by atoms with Crippen LogP contribution in [0, 0.1) is 10.1 Å². The van der Waals surface area contributed by atoms with Gasteiger partial charge in [0.1, 0.15) is 0 Å². The number of hydrogen-bond acceptors (Lipinski definition) is 5. The summed E-state index contributed by atoms with van der Waals surface area (Å²) in [6, 6.07) is 27.0. The van der Waals surface area contributed by atoms with Crippen molar-refractivity contribution >= 4 is 40.5 Å². The van der Waals surface area contributed by atoms with Gasteiger partial charge < -0.3 is 16.0 Å². The lowest BCUT2D eigenvalue weighted by atomic mass is 10.1. The monoisotopic (exact) mass is 480 g/mol. The van der Waals surface area contributed by atoms with Gasteiger partial charge in [-0.25, -0.2) is 0 Å². The fraction of sp³-hybridized carbons (Fsp3) is 0. The highest BCUT2D eigenvalue weighted by atomic mass is 16.6. The molecule has 4 rings (SSSR count). The predicted octanol–water partition coefficient (Wildman–Crippen LogP) is 5.35. The molecule has 0 aromatic heterocycles. The van der Waals surface area contributed by atoms with Crippen molar-refractivity contribution in [2.75, 3.05) is 16.0 Å². The highest BCUT2D eigenvalue weighted by molar-refractivity contribution is 6.10. The van der Waals surface area contributed by atoms with Crippen LogP contribution < -0.4 is 16.0 Å². The van der Waals surface area contributed by atoms with Crippen LogP contribution in [-0.4, -0.2) is 22.6 Å². The summed E-state index contributed by atoms with van der Waals surface area (Å²) in [5, 5.41) is 19.0. The Morgan fingerprint density at radius 2 is 0.944 bits per heavy atom. The van der Waals surface area contributed by atoms with Crippen LogP contribution in [0.5, 0.6) is 0 Å². The maximum atomic E-state index is 13.0. The van der Waals surface area contributed by atoms with Crippen LogP contribution >= 0.6 is 0 Å². The molecule has 9 nitrogen and oxygen atoms in total. The molecule has 0 spiro atoms. The van der Waals surface area contributed by atoms with E-state index in [1.54, 1.807) is 66.7 Å². The van der Waals surface area contributed by atoms with Crippen LogP contribution in [0.25, 0.3) is 0 Å². The first-order valence-corrected chi connectivity index (χ1v) is 10.8. The van der Waals surface area contributed by atoms with Crippen LogP contribution in [-0.2, 0) is 0 Å². The molecule has 0 heterocycles. The predicted molar refractivity (Wildman–Crippen MR) is 136 cm³/mol. The molecule has 0 bridgehead atoms. The van der Waals surface area contributed by atoms with E-state index in [0.717, 1.165) is 0 Å². The maximum absolute atomic E-state index is 13.0. The summed E-state index contributed by atoms with van der Waals surface area (Å²) < 4.78 is 0. The molecule has 4 aromatic rings. The van der Waals surface area contributed by atoms with Gasteiger partial charge in [-0.3, -0.25) is 24.5 Å². The number of amides is 3. The molecule has 0 saturated carbocycles. The number of non-ortho nitro benzene ring substituents is 1. The van der Waals surface area contributed by atoms with Crippen molar-refractivity contribution in [2.24, 2.45) is 0 Å². The standard InChI is InChI=1S/C27H20N4O5/c32-25(18-7-3-1-4-8-18)29-22-15-20(27(34)28-21-11-13-24(14-12-21)31(35)36)16-23(17-22)30-26(33)19-9-5-2-6-10-19/h1-17H,(H,28,34)(H,29,32)(H,30,33). The zero-order valence-corrected chi connectivity index (χ0v) is 18.8. The quantitative estimate of drug-likeness (QED) is 0.242. The average molecular weight is 480 g/mol. The van der Waals surface area contributed by atoms with Gasteiger partial charge in [-0.1, -0.05) is 36.4 Å². The number of nitrogens with zero attached hydrogens (tertiary/aromatic N) is 1. The average Bonchev–Trinajstić information content (AvgIpc) is 2.89. The first-order valence-electron chi connectivity index (χ1n) is 10.8. The molecule has 0 aliphatic heterocycles. The van der Waals surface area contributed by atoms with Gasteiger partial charge in [0.05, 0.1) is 4.92 Å². The molecule has 0 radical (unpaired) electrons. The molecule has 0 unspecified atom stereocenters. The van der Waals surface area contributed by atoms with Crippen molar-refractivity contribution in [1.82, 2.24) is 0 Å². The van der Waals surface area contributed by atoms with Crippen molar-refractivity contribution in [3.63, 3.8) is 0 Å². The van der Waals surface area contributed by atoms with Crippen molar-refractivity contribution in [2.45, 2.75) is 0 Å². The van der Waals surface area contributed by atoms with E-state index in [9.17, 15) is 24.5 Å². The number of carbonyl (C=O) groups is 3. The molecule has 0 aliphatic rings. The molecule has 178 valence electrons. The molecule has 0 atom stereocenters. The second kappa shape index (κ2) is 10.7. The molecule has 3 N–H and O–H groups in total. The summed E-state index contributed by atoms with van der Waals surface area (Å²) in [7, 11) is 0. The van der Waals surface area contributed by atoms with Gasteiger partial charge in [0.2, 0.25) is 0 Å². The number of anilines is 3. The number of benzene rings is 4. The molecule has 4 aromatic carbocycles. The van der Waals surface area contributed by atoms with E-state index < -0.39 is 10.8 Å². The Labute approximate surface area is 205 Å². The number of carbonyl (C=O) groups excluding carboxylic acids is 3. The summed E-state index contributed by atoms with van der Waals surface area (Å²) in [5.41, 5.74) is 1.83. The van der Waals surface area contributed by atoms with Crippen molar-refractivity contribution < 1.29 is 19.3 Å². The van der Waals surface area contributed by atoms with E-state index in [2.05, 4.69) is 16.0 Å².